The Kier molecular flexibility index (Phi) is 5.30. The molecule has 0 amide bonds. The number of allylic oxidation sites excluding steroid dienone is 2. The predicted octanol–water partition coefficient (Wildman–Crippen LogP) is 5.23. The van der Waals surface area contributed by atoms with E-state index in [2.05, 4.69) is 10.4 Å². The van der Waals surface area contributed by atoms with Crippen molar-refractivity contribution in [2.75, 3.05) is 12.4 Å². The number of rotatable bonds is 4. The molecule has 1 N–H and O–H groups in total. The maximum atomic E-state index is 13.7. The van der Waals surface area contributed by atoms with Crippen LogP contribution in [0.5, 0.6) is 5.75 Å². The van der Waals surface area contributed by atoms with Gasteiger partial charge in [-0.1, -0.05) is 29.3 Å². The van der Waals surface area contributed by atoms with E-state index in [1.807, 2.05) is 13.0 Å². The third-order valence-corrected chi connectivity index (χ3v) is 7.69. The first kappa shape index (κ1) is 20.8. The Bertz CT molecular complexity index is 1270. The van der Waals surface area contributed by atoms with Crippen LogP contribution in [0.2, 0.25) is 10.0 Å². The van der Waals surface area contributed by atoms with Gasteiger partial charge in [0.1, 0.15) is 17.6 Å². The summed E-state index contributed by atoms with van der Waals surface area (Å²) in [6.45, 7) is 3.60. The lowest BCUT2D eigenvalue weighted by Gasteiger charge is -2.30. The van der Waals surface area contributed by atoms with E-state index in [4.69, 9.17) is 27.9 Å². The van der Waals surface area contributed by atoms with Crippen LogP contribution < -0.4 is 10.1 Å². The quantitative estimate of drug-likeness (QED) is 0.573. The molecule has 4 rings (SSSR count). The highest BCUT2D eigenvalue weighted by Gasteiger charge is 2.37. The number of methoxy groups -OCH3 is 1. The predicted molar refractivity (Wildman–Crippen MR) is 118 cm³/mol. The normalized spacial score (nSPS) is 16.2. The van der Waals surface area contributed by atoms with Gasteiger partial charge in [-0.05, 0) is 55.8 Å². The van der Waals surface area contributed by atoms with Crippen LogP contribution in [-0.2, 0) is 9.84 Å². The SMILES string of the molecule is COc1ccc(S(=O)(=O)C2=C(C)Nc3cc(C)nn3C2c2ccc(Cl)c(Cl)c2)cc1. The summed E-state index contributed by atoms with van der Waals surface area (Å²) in [7, 11) is -2.33. The van der Waals surface area contributed by atoms with Gasteiger partial charge in [-0.25, -0.2) is 13.1 Å². The second kappa shape index (κ2) is 7.65. The smallest absolute Gasteiger partial charge is 0.206 e. The topological polar surface area (TPSA) is 73.2 Å². The van der Waals surface area contributed by atoms with Crippen molar-refractivity contribution in [1.29, 1.82) is 0 Å². The summed E-state index contributed by atoms with van der Waals surface area (Å²) in [5.74, 6) is 1.28. The zero-order valence-corrected chi connectivity index (χ0v) is 18.8. The molecule has 2 heterocycles. The molecule has 6 nitrogen and oxygen atoms in total. The largest absolute Gasteiger partial charge is 0.497 e. The molecule has 0 radical (unpaired) electrons. The highest BCUT2D eigenvalue weighted by Crippen LogP contribution is 2.42. The third-order valence-electron chi connectivity index (χ3n) is 4.95. The highest BCUT2D eigenvalue weighted by atomic mass is 35.5. The van der Waals surface area contributed by atoms with Crippen molar-refractivity contribution in [1.82, 2.24) is 9.78 Å². The number of aromatic nitrogens is 2. The maximum Gasteiger partial charge on any atom is 0.206 e. The number of nitrogens with one attached hydrogen (secondary N) is 1. The molecule has 0 saturated carbocycles. The van der Waals surface area contributed by atoms with Crippen molar-refractivity contribution in [3.63, 3.8) is 0 Å². The van der Waals surface area contributed by atoms with Crippen LogP contribution in [0, 0.1) is 6.92 Å². The zero-order valence-electron chi connectivity index (χ0n) is 16.5. The monoisotopic (exact) mass is 463 g/mol. The van der Waals surface area contributed by atoms with Gasteiger partial charge in [0, 0.05) is 11.8 Å². The van der Waals surface area contributed by atoms with Gasteiger partial charge in [0.2, 0.25) is 9.84 Å². The molecule has 156 valence electrons. The van der Waals surface area contributed by atoms with Gasteiger partial charge in [-0.15, -0.1) is 0 Å². The molecule has 0 aliphatic carbocycles. The molecule has 1 aliphatic heterocycles. The Hall–Kier alpha value is -2.48. The highest BCUT2D eigenvalue weighted by molar-refractivity contribution is 7.95. The number of hydrogen-bond donors (Lipinski definition) is 1. The van der Waals surface area contributed by atoms with E-state index in [0.29, 0.717) is 32.9 Å². The molecule has 1 unspecified atom stereocenters. The van der Waals surface area contributed by atoms with Crippen molar-refractivity contribution in [2.45, 2.75) is 24.8 Å². The van der Waals surface area contributed by atoms with Crippen molar-refractivity contribution in [2.24, 2.45) is 0 Å². The van der Waals surface area contributed by atoms with Crippen LogP contribution in [0.25, 0.3) is 0 Å². The standard InChI is InChI=1S/C21H19Cl2N3O3S/c1-12-10-19-24-13(2)21(30(27,28)16-7-5-15(29-3)6-8-16)20(26(19)25-12)14-4-9-17(22)18(23)11-14/h4-11,20,24H,1-3H3. The lowest BCUT2D eigenvalue weighted by atomic mass is 10.0. The van der Waals surface area contributed by atoms with Crippen molar-refractivity contribution < 1.29 is 13.2 Å². The molecule has 1 atom stereocenters. The van der Waals surface area contributed by atoms with E-state index < -0.39 is 15.9 Å². The van der Waals surface area contributed by atoms with Crippen molar-refractivity contribution >= 4 is 38.9 Å². The van der Waals surface area contributed by atoms with Gasteiger partial charge >= 0.3 is 0 Å². The van der Waals surface area contributed by atoms with Crippen LogP contribution >= 0.6 is 23.2 Å². The molecular formula is C21H19Cl2N3O3S. The minimum Gasteiger partial charge on any atom is -0.497 e. The number of halogens is 2. The Balaban J connectivity index is 1.93. The molecular weight excluding hydrogens is 445 g/mol. The van der Waals surface area contributed by atoms with E-state index in [1.165, 1.54) is 19.2 Å². The molecule has 9 heteroatoms. The average Bonchev–Trinajstić information content (AvgIpc) is 3.08. The molecule has 0 spiro atoms. The number of hydrogen-bond acceptors (Lipinski definition) is 5. The first-order chi connectivity index (χ1) is 14.2. The number of sulfone groups is 1. The van der Waals surface area contributed by atoms with Gasteiger partial charge in [-0.3, -0.25) is 0 Å². The fourth-order valence-electron chi connectivity index (χ4n) is 3.58. The number of benzene rings is 2. The molecule has 3 aromatic rings. The lowest BCUT2D eigenvalue weighted by Crippen LogP contribution is -2.28. The Morgan fingerprint density at radius 3 is 2.37 bits per heavy atom. The molecule has 1 aromatic heterocycles. The minimum atomic E-state index is -3.87. The first-order valence-electron chi connectivity index (χ1n) is 9.10. The maximum absolute atomic E-state index is 13.7. The summed E-state index contributed by atoms with van der Waals surface area (Å²) in [4.78, 5) is 0.360. The second-order valence-electron chi connectivity index (χ2n) is 6.98. The van der Waals surface area contributed by atoms with Crippen molar-refractivity contribution in [3.8, 4) is 5.75 Å². The summed E-state index contributed by atoms with van der Waals surface area (Å²) in [5.41, 5.74) is 1.95. The molecule has 1 aliphatic rings. The molecule has 2 aromatic carbocycles. The summed E-state index contributed by atoms with van der Waals surface area (Å²) in [6.07, 6.45) is 0. The van der Waals surface area contributed by atoms with Crippen LogP contribution in [0.3, 0.4) is 0 Å². The number of nitrogens with zero attached hydrogens (tertiary/aromatic N) is 2. The third kappa shape index (κ3) is 3.47. The Labute approximate surface area is 185 Å². The minimum absolute atomic E-state index is 0.164. The number of fused-ring (bicyclic) bond motifs is 1. The summed E-state index contributed by atoms with van der Waals surface area (Å²) in [6, 6.07) is 12.6. The van der Waals surface area contributed by atoms with E-state index >= 15 is 0 Å². The molecule has 0 fully saturated rings. The van der Waals surface area contributed by atoms with Crippen LogP contribution in [-0.4, -0.2) is 25.3 Å². The molecule has 0 saturated heterocycles. The van der Waals surface area contributed by atoms with E-state index in [0.717, 1.165) is 5.69 Å². The van der Waals surface area contributed by atoms with Gasteiger partial charge in [-0.2, -0.15) is 5.10 Å². The average molecular weight is 464 g/mol. The van der Waals surface area contributed by atoms with E-state index in [1.54, 1.807) is 41.9 Å². The summed E-state index contributed by atoms with van der Waals surface area (Å²) >= 11 is 12.4. The number of anilines is 1. The fourth-order valence-corrected chi connectivity index (χ4v) is 5.62. The van der Waals surface area contributed by atoms with Gasteiger partial charge in [0.05, 0.1) is 32.6 Å². The summed E-state index contributed by atoms with van der Waals surface area (Å²) in [5, 5.41) is 8.45. The number of ether oxygens (including phenoxy) is 1. The number of aryl methyl sites for hydroxylation is 1. The first-order valence-corrected chi connectivity index (χ1v) is 11.3. The van der Waals surface area contributed by atoms with Gasteiger partial charge < -0.3 is 10.1 Å². The fraction of sp³-hybridized carbons (Fsp3) is 0.190. The Morgan fingerprint density at radius 2 is 1.73 bits per heavy atom. The van der Waals surface area contributed by atoms with Crippen LogP contribution in [0.1, 0.15) is 24.2 Å². The van der Waals surface area contributed by atoms with E-state index in [9.17, 15) is 8.42 Å². The second-order valence-corrected chi connectivity index (χ2v) is 9.72. The summed E-state index contributed by atoms with van der Waals surface area (Å²) < 4.78 is 34.2. The molecule has 0 bridgehead atoms. The molecule has 30 heavy (non-hydrogen) atoms. The van der Waals surface area contributed by atoms with Crippen molar-refractivity contribution in [3.05, 3.63) is 80.4 Å². The van der Waals surface area contributed by atoms with Gasteiger partial charge in [0.15, 0.2) is 0 Å². The zero-order chi connectivity index (χ0) is 21.6. The van der Waals surface area contributed by atoms with Crippen LogP contribution in [0.15, 0.2) is 64.0 Å². The lowest BCUT2D eigenvalue weighted by molar-refractivity contribution is 0.414. The van der Waals surface area contributed by atoms with E-state index in [-0.39, 0.29) is 9.80 Å². The van der Waals surface area contributed by atoms with Gasteiger partial charge in [0.25, 0.3) is 0 Å². The Morgan fingerprint density at radius 1 is 1.03 bits per heavy atom. The van der Waals surface area contributed by atoms with Crippen LogP contribution in [0.4, 0.5) is 5.82 Å².